The van der Waals surface area contributed by atoms with Crippen LogP contribution in [0, 0.1) is 11.6 Å². The molecule has 2 amide bonds. The van der Waals surface area contributed by atoms with Crippen LogP contribution in [0.15, 0.2) is 102 Å². The number of aromatic nitrogens is 4. The van der Waals surface area contributed by atoms with Crippen LogP contribution in [0.5, 0.6) is 0 Å². The molecule has 8 rings (SSSR count). The van der Waals surface area contributed by atoms with Crippen molar-refractivity contribution in [2.24, 2.45) is 4.99 Å². The van der Waals surface area contributed by atoms with E-state index in [4.69, 9.17) is 23.2 Å². The minimum Gasteiger partial charge on any atom is -0.389 e. The zero-order valence-corrected chi connectivity index (χ0v) is 35.2. The third-order valence-corrected chi connectivity index (χ3v) is 11.2. The Labute approximate surface area is 367 Å². The zero-order valence-electron chi connectivity index (χ0n) is 32.8. The molecule has 320 valence electrons. The lowest BCUT2D eigenvalue weighted by Crippen LogP contribution is -2.48. The van der Waals surface area contributed by atoms with Crippen molar-refractivity contribution < 1.29 is 28.6 Å². The monoisotopic (exact) mass is 893 g/mol. The molecule has 0 atom stereocenters. The van der Waals surface area contributed by atoms with Crippen LogP contribution in [0.4, 0.5) is 26.2 Å². The quantitative estimate of drug-likeness (QED) is 0.101. The minimum atomic E-state index is -0.983. The van der Waals surface area contributed by atoms with Gasteiger partial charge in [0.1, 0.15) is 23.3 Å². The van der Waals surface area contributed by atoms with Crippen molar-refractivity contribution in [2.45, 2.75) is 49.7 Å². The molecule has 5 aromatic rings. The van der Waals surface area contributed by atoms with E-state index in [0.29, 0.717) is 82.9 Å². The summed E-state index contributed by atoms with van der Waals surface area (Å²) in [4.78, 5) is 41.8. The van der Waals surface area contributed by atoms with E-state index in [2.05, 4.69) is 35.8 Å². The summed E-state index contributed by atoms with van der Waals surface area (Å²) in [6.45, 7) is 1.98. The lowest BCUT2D eigenvalue weighted by Gasteiger charge is -2.38. The number of hydrogen-bond acceptors (Lipinski definition) is 10. The average Bonchev–Trinajstić information content (AvgIpc) is 3.95. The number of aliphatic hydroxyl groups is 2. The van der Waals surface area contributed by atoms with E-state index in [-0.39, 0.29) is 33.6 Å². The summed E-state index contributed by atoms with van der Waals surface area (Å²) in [6, 6.07) is 21.7. The number of amidine groups is 1. The second kappa shape index (κ2) is 19.9. The molecule has 0 aliphatic carbocycles. The molecule has 6 heterocycles. The van der Waals surface area contributed by atoms with E-state index >= 15 is 0 Å². The number of carbonyl (C=O) groups excluding carboxylic acids is 2. The predicted octanol–water partition coefficient (Wildman–Crippen LogP) is 7.44. The number of benzene rings is 2. The number of rotatable bonds is 9. The van der Waals surface area contributed by atoms with E-state index in [1.807, 2.05) is 48.6 Å². The summed E-state index contributed by atoms with van der Waals surface area (Å²) in [5.74, 6) is 0.551. The number of aromatic amines is 1. The molecule has 18 heteroatoms. The molecule has 2 aromatic carbocycles. The first kappa shape index (κ1) is 45.1. The van der Waals surface area contributed by atoms with Gasteiger partial charge in [0.15, 0.2) is 11.6 Å². The van der Waals surface area contributed by atoms with Crippen LogP contribution in [0.3, 0.4) is 0 Å². The summed E-state index contributed by atoms with van der Waals surface area (Å²) < 4.78 is 28.3. The SMILES string of the molecule is Cl.O=C(c1cccc(Cl)c1F)N1CCC(O)(Cc2cccc(NC3=NCC=C3)n2)CC1.O=C(c1cccc(Cl)c1F)N1CCC(O)(Cc2cccc(Nc3ccn[nH]3)n2)CC1. The van der Waals surface area contributed by atoms with Crippen molar-refractivity contribution >= 4 is 70.7 Å². The van der Waals surface area contributed by atoms with Gasteiger partial charge in [-0.15, -0.1) is 12.4 Å². The Bertz CT molecular complexity index is 2390. The first-order chi connectivity index (χ1) is 28.9. The Morgan fingerprint density at radius 2 is 1.18 bits per heavy atom. The molecule has 61 heavy (non-hydrogen) atoms. The lowest BCUT2D eigenvalue weighted by molar-refractivity contribution is -0.0177. The second-order valence-electron chi connectivity index (χ2n) is 15.0. The largest absolute Gasteiger partial charge is 0.389 e. The molecule has 0 unspecified atom stereocenters. The van der Waals surface area contributed by atoms with Crippen LogP contribution in [0.2, 0.25) is 10.0 Å². The Morgan fingerprint density at radius 3 is 1.62 bits per heavy atom. The highest BCUT2D eigenvalue weighted by Gasteiger charge is 2.37. The molecule has 0 bridgehead atoms. The summed E-state index contributed by atoms with van der Waals surface area (Å²) in [5, 5.41) is 34.9. The van der Waals surface area contributed by atoms with Crippen LogP contribution in [0.25, 0.3) is 0 Å². The number of H-pyrrole nitrogens is 1. The van der Waals surface area contributed by atoms with Crippen LogP contribution in [0.1, 0.15) is 57.8 Å². The molecule has 0 radical (unpaired) electrons. The standard InChI is InChI=1S/C22H22ClFN4O2.C21H21ClFN5O2.ClH/c23-17-6-2-5-16(20(17)24)21(29)28-12-9-22(30,10-13-28)14-15-4-1-7-19(26-15)27-18-8-3-11-25-18;22-16-5-2-4-15(19(16)23)20(29)28-11-8-21(30,9-12-28)13-14-3-1-6-17(25-14)26-18-7-10-24-27-18;/h1-8,30H,9-14H2,(H,25,26,27);1-7,10,30H,8-9,11-13H2,(H2,24,25,26,27);1H. The van der Waals surface area contributed by atoms with Gasteiger partial charge in [-0.1, -0.05) is 53.5 Å². The predicted molar refractivity (Wildman–Crippen MR) is 233 cm³/mol. The number of halogens is 5. The summed E-state index contributed by atoms with van der Waals surface area (Å²) in [6.07, 6.45) is 7.75. The van der Waals surface area contributed by atoms with Crippen molar-refractivity contribution in [2.75, 3.05) is 43.4 Å². The Kier molecular flexibility index (Phi) is 14.7. The van der Waals surface area contributed by atoms with Crippen LogP contribution in [-0.4, -0.2) is 102 Å². The maximum Gasteiger partial charge on any atom is 0.256 e. The maximum absolute atomic E-state index is 14.2. The summed E-state index contributed by atoms with van der Waals surface area (Å²) in [5.41, 5.74) is -0.554. The molecule has 0 spiro atoms. The number of amides is 2. The van der Waals surface area contributed by atoms with Gasteiger partial charge in [0, 0.05) is 56.5 Å². The first-order valence-electron chi connectivity index (χ1n) is 19.4. The van der Waals surface area contributed by atoms with Crippen molar-refractivity contribution in [3.05, 3.63) is 141 Å². The van der Waals surface area contributed by atoms with Gasteiger partial charge in [0.25, 0.3) is 11.8 Å². The fraction of sp³-hybridized carbons (Fsp3) is 0.302. The van der Waals surface area contributed by atoms with Gasteiger partial charge in [0.2, 0.25) is 0 Å². The zero-order chi connectivity index (χ0) is 42.3. The highest BCUT2D eigenvalue weighted by atomic mass is 35.5. The third kappa shape index (κ3) is 11.5. The third-order valence-electron chi connectivity index (χ3n) is 10.6. The van der Waals surface area contributed by atoms with E-state index in [0.717, 1.165) is 23.0 Å². The molecular formula is C43H44Cl3F2N9O4. The molecule has 5 N–H and O–H groups in total. The number of hydrogen-bond donors (Lipinski definition) is 5. The number of carbonyl (C=O) groups is 2. The number of anilines is 3. The number of nitrogens with zero attached hydrogens (tertiary/aromatic N) is 6. The van der Waals surface area contributed by atoms with Crippen LogP contribution >= 0.6 is 35.6 Å². The maximum atomic E-state index is 14.2. The van der Waals surface area contributed by atoms with E-state index < -0.39 is 34.7 Å². The highest BCUT2D eigenvalue weighted by Crippen LogP contribution is 2.30. The molecule has 3 aliphatic rings. The number of aliphatic imine (C=N–C) groups is 1. The minimum absolute atomic E-state index is 0. The van der Waals surface area contributed by atoms with Crippen molar-refractivity contribution in [1.29, 1.82) is 0 Å². The average molecular weight is 895 g/mol. The van der Waals surface area contributed by atoms with E-state index in [1.54, 1.807) is 34.2 Å². The Hall–Kier alpha value is -5.45. The first-order valence-corrected chi connectivity index (χ1v) is 20.2. The van der Waals surface area contributed by atoms with Gasteiger partial charge >= 0.3 is 0 Å². The fourth-order valence-corrected chi connectivity index (χ4v) is 7.65. The number of pyridine rings is 2. The highest BCUT2D eigenvalue weighted by molar-refractivity contribution is 6.31. The lowest BCUT2D eigenvalue weighted by atomic mass is 9.86. The van der Waals surface area contributed by atoms with Gasteiger partial charge < -0.3 is 30.6 Å². The molecule has 3 aliphatic heterocycles. The molecular weight excluding hydrogens is 851 g/mol. The summed E-state index contributed by atoms with van der Waals surface area (Å²) in [7, 11) is 0. The summed E-state index contributed by atoms with van der Waals surface area (Å²) >= 11 is 11.6. The smallest absolute Gasteiger partial charge is 0.256 e. The Balaban J connectivity index is 0.000000201. The van der Waals surface area contributed by atoms with Gasteiger partial charge in [-0.05, 0) is 80.3 Å². The molecule has 2 saturated heterocycles. The second-order valence-corrected chi connectivity index (χ2v) is 15.8. The number of nitrogens with one attached hydrogen (secondary N) is 3. The van der Waals surface area contributed by atoms with E-state index in [1.165, 1.54) is 24.3 Å². The van der Waals surface area contributed by atoms with Gasteiger partial charge in [-0.25, -0.2) is 18.7 Å². The van der Waals surface area contributed by atoms with Crippen molar-refractivity contribution in [1.82, 2.24) is 30.0 Å². The van der Waals surface area contributed by atoms with Gasteiger partial charge in [-0.2, -0.15) is 5.10 Å². The van der Waals surface area contributed by atoms with Crippen molar-refractivity contribution in [3.8, 4) is 0 Å². The Morgan fingerprint density at radius 1 is 0.705 bits per heavy atom. The van der Waals surface area contributed by atoms with Gasteiger partial charge in [-0.3, -0.25) is 19.7 Å². The molecule has 2 fully saturated rings. The fourth-order valence-electron chi connectivity index (χ4n) is 7.30. The topological polar surface area (TPSA) is 172 Å². The number of piperidine rings is 2. The van der Waals surface area contributed by atoms with E-state index in [9.17, 15) is 28.6 Å². The van der Waals surface area contributed by atoms with Crippen LogP contribution < -0.4 is 10.6 Å². The van der Waals surface area contributed by atoms with Crippen LogP contribution in [-0.2, 0) is 12.8 Å². The van der Waals surface area contributed by atoms with Crippen molar-refractivity contribution in [3.63, 3.8) is 0 Å². The number of likely N-dealkylation sites (tertiary alicyclic amines) is 2. The normalized spacial score (nSPS) is 16.5. The molecule has 13 nitrogen and oxygen atoms in total. The molecule has 0 saturated carbocycles. The molecule has 3 aromatic heterocycles. The van der Waals surface area contributed by atoms with Gasteiger partial charge in [0.05, 0.1) is 45.1 Å².